The first-order valence-corrected chi connectivity index (χ1v) is 7.87. The van der Waals surface area contributed by atoms with Gasteiger partial charge in [-0.1, -0.05) is 29.3 Å². The highest BCUT2D eigenvalue weighted by Crippen LogP contribution is 2.31. The highest BCUT2D eigenvalue weighted by atomic mass is 35.5. The summed E-state index contributed by atoms with van der Waals surface area (Å²) >= 11 is 12.3. The maximum Gasteiger partial charge on any atom is 0.0465 e. The van der Waals surface area contributed by atoms with Crippen molar-refractivity contribution in [1.29, 1.82) is 0 Å². The average molecular weight is 299 g/mol. The third-order valence-corrected chi connectivity index (χ3v) is 4.89. The van der Waals surface area contributed by atoms with Crippen LogP contribution in [0, 0.1) is 5.92 Å². The van der Waals surface area contributed by atoms with Crippen molar-refractivity contribution in [3.63, 3.8) is 0 Å². The highest BCUT2D eigenvalue weighted by molar-refractivity contribution is 6.35. The number of nitrogens with one attached hydrogen (secondary N) is 1. The number of hydrogen-bond acceptors (Lipinski definition) is 2. The van der Waals surface area contributed by atoms with Crippen molar-refractivity contribution in [2.75, 3.05) is 19.6 Å². The van der Waals surface area contributed by atoms with Gasteiger partial charge in [-0.2, -0.15) is 0 Å². The zero-order valence-corrected chi connectivity index (χ0v) is 12.6. The molecule has 1 aromatic carbocycles. The topological polar surface area (TPSA) is 15.3 Å². The van der Waals surface area contributed by atoms with Crippen LogP contribution in [0.25, 0.3) is 0 Å². The van der Waals surface area contributed by atoms with Crippen molar-refractivity contribution in [2.24, 2.45) is 5.92 Å². The smallest absolute Gasteiger partial charge is 0.0465 e. The van der Waals surface area contributed by atoms with Gasteiger partial charge < -0.3 is 10.2 Å². The summed E-state index contributed by atoms with van der Waals surface area (Å²) in [7, 11) is 0. The third-order valence-electron chi connectivity index (χ3n) is 4.18. The fourth-order valence-electron chi connectivity index (χ4n) is 2.90. The zero-order valence-electron chi connectivity index (χ0n) is 11.0. The van der Waals surface area contributed by atoms with Crippen LogP contribution in [-0.4, -0.2) is 30.6 Å². The Morgan fingerprint density at radius 2 is 1.89 bits per heavy atom. The molecule has 0 aromatic heterocycles. The Morgan fingerprint density at radius 3 is 2.58 bits per heavy atom. The lowest BCUT2D eigenvalue weighted by Crippen LogP contribution is -2.27. The number of halogens is 2. The first-order chi connectivity index (χ1) is 9.24. The summed E-state index contributed by atoms with van der Waals surface area (Å²) in [5.74, 6) is 0.780. The Kier molecular flexibility index (Phi) is 4.33. The first kappa shape index (κ1) is 13.7. The van der Waals surface area contributed by atoms with Crippen molar-refractivity contribution < 1.29 is 0 Å². The minimum atomic E-state index is 0.756. The van der Waals surface area contributed by atoms with E-state index in [2.05, 4.69) is 10.2 Å². The Bertz CT molecular complexity index is 426. The molecule has 1 saturated heterocycles. The summed E-state index contributed by atoms with van der Waals surface area (Å²) in [6, 6.07) is 6.59. The molecule has 1 unspecified atom stereocenters. The van der Waals surface area contributed by atoms with E-state index in [9.17, 15) is 0 Å². The van der Waals surface area contributed by atoms with Crippen molar-refractivity contribution in [2.45, 2.75) is 31.8 Å². The second-order valence-corrected chi connectivity index (χ2v) is 6.53. The fraction of sp³-hybridized carbons (Fsp3) is 0.600. The van der Waals surface area contributed by atoms with Crippen molar-refractivity contribution in [1.82, 2.24) is 10.2 Å². The van der Waals surface area contributed by atoms with Crippen LogP contribution < -0.4 is 5.32 Å². The van der Waals surface area contributed by atoms with E-state index in [0.29, 0.717) is 0 Å². The number of likely N-dealkylation sites (tertiary alicyclic amines) is 1. The lowest BCUT2D eigenvalue weighted by molar-refractivity contribution is 0.312. The van der Waals surface area contributed by atoms with Gasteiger partial charge in [-0.15, -0.1) is 0 Å². The van der Waals surface area contributed by atoms with E-state index in [4.69, 9.17) is 23.2 Å². The lowest BCUT2D eigenvalue weighted by atomic mass is 10.1. The van der Waals surface area contributed by atoms with E-state index in [1.165, 1.54) is 32.4 Å². The Morgan fingerprint density at radius 1 is 1.16 bits per heavy atom. The van der Waals surface area contributed by atoms with Crippen molar-refractivity contribution in [3.05, 3.63) is 33.8 Å². The largest absolute Gasteiger partial charge is 0.312 e. The van der Waals surface area contributed by atoms with E-state index >= 15 is 0 Å². The van der Waals surface area contributed by atoms with Crippen LogP contribution in [0.1, 0.15) is 24.8 Å². The summed E-state index contributed by atoms with van der Waals surface area (Å²) in [4.78, 5) is 2.65. The predicted molar refractivity (Wildman–Crippen MR) is 80.9 cm³/mol. The van der Waals surface area contributed by atoms with Gasteiger partial charge in [-0.25, -0.2) is 0 Å². The van der Waals surface area contributed by atoms with Crippen molar-refractivity contribution in [3.8, 4) is 0 Å². The number of rotatable bonds is 5. The van der Waals surface area contributed by atoms with E-state index < -0.39 is 0 Å². The Balaban J connectivity index is 1.45. The second-order valence-electron chi connectivity index (χ2n) is 5.71. The molecule has 104 valence electrons. The Labute approximate surface area is 125 Å². The standard InChI is InChI=1S/C15H20Cl2N2/c16-14-2-1-3-15(17)13(14)9-18-8-11-6-7-19(10-11)12-4-5-12/h1-3,11-12,18H,4-10H2. The van der Waals surface area contributed by atoms with Gasteiger partial charge in [0, 0.05) is 34.7 Å². The molecule has 1 atom stereocenters. The molecule has 2 nitrogen and oxygen atoms in total. The van der Waals surface area contributed by atoms with Gasteiger partial charge in [0.05, 0.1) is 0 Å². The van der Waals surface area contributed by atoms with Crippen molar-refractivity contribution >= 4 is 23.2 Å². The van der Waals surface area contributed by atoms with Gasteiger partial charge in [0.2, 0.25) is 0 Å². The predicted octanol–water partition coefficient (Wildman–Crippen LogP) is 3.57. The van der Waals surface area contributed by atoms with Gasteiger partial charge in [-0.3, -0.25) is 0 Å². The van der Waals surface area contributed by atoms with Gasteiger partial charge in [0.1, 0.15) is 0 Å². The molecule has 19 heavy (non-hydrogen) atoms. The molecular formula is C15H20Cl2N2. The monoisotopic (exact) mass is 298 g/mol. The van der Waals surface area contributed by atoms with Crippen LogP contribution >= 0.6 is 23.2 Å². The van der Waals surface area contributed by atoms with Crippen LogP contribution in [-0.2, 0) is 6.54 Å². The third kappa shape index (κ3) is 3.43. The van der Waals surface area contributed by atoms with Crippen LogP contribution in [0.15, 0.2) is 18.2 Å². The van der Waals surface area contributed by atoms with Gasteiger partial charge in [0.15, 0.2) is 0 Å². The van der Waals surface area contributed by atoms with E-state index in [1.807, 2.05) is 18.2 Å². The summed E-state index contributed by atoms with van der Waals surface area (Å²) in [6.07, 6.45) is 4.14. The fourth-order valence-corrected chi connectivity index (χ4v) is 3.43. The van der Waals surface area contributed by atoms with Crippen LogP contribution in [0.4, 0.5) is 0 Å². The molecule has 1 aliphatic carbocycles. The molecule has 1 N–H and O–H groups in total. The minimum absolute atomic E-state index is 0.756. The molecule has 1 aromatic rings. The van der Waals surface area contributed by atoms with Crippen LogP contribution in [0.2, 0.25) is 10.0 Å². The lowest BCUT2D eigenvalue weighted by Gasteiger charge is -2.15. The van der Waals surface area contributed by atoms with Gasteiger partial charge in [-0.05, 0) is 50.4 Å². The molecule has 0 amide bonds. The Hall–Kier alpha value is -0.280. The van der Waals surface area contributed by atoms with Gasteiger partial charge in [0.25, 0.3) is 0 Å². The molecule has 0 radical (unpaired) electrons. The van der Waals surface area contributed by atoms with E-state index in [0.717, 1.165) is 40.7 Å². The molecule has 2 fully saturated rings. The summed E-state index contributed by atoms with van der Waals surface area (Å²) in [6.45, 7) is 4.36. The van der Waals surface area contributed by atoms with E-state index in [-0.39, 0.29) is 0 Å². The first-order valence-electron chi connectivity index (χ1n) is 7.11. The molecule has 3 rings (SSSR count). The molecule has 1 saturated carbocycles. The summed E-state index contributed by atoms with van der Waals surface area (Å²) in [5, 5.41) is 5.02. The summed E-state index contributed by atoms with van der Waals surface area (Å²) < 4.78 is 0. The average Bonchev–Trinajstić information content (AvgIpc) is 3.13. The molecule has 0 bridgehead atoms. The number of benzene rings is 1. The molecule has 2 aliphatic rings. The zero-order chi connectivity index (χ0) is 13.2. The maximum atomic E-state index is 6.17. The molecule has 1 heterocycles. The maximum absolute atomic E-state index is 6.17. The summed E-state index contributed by atoms with van der Waals surface area (Å²) in [5.41, 5.74) is 1.02. The molecule has 1 aliphatic heterocycles. The number of nitrogens with zero attached hydrogens (tertiary/aromatic N) is 1. The normalized spacial score (nSPS) is 24.0. The quantitative estimate of drug-likeness (QED) is 0.894. The molecule has 4 heteroatoms. The van der Waals surface area contributed by atoms with Crippen LogP contribution in [0.5, 0.6) is 0 Å². The highest BCUT2D eigenvalue weighted by Gasteiger charge is 2.33. The number of hydrogen-bond donors (Lipinski definition) is 1. The van der Waals surface area contributed by atoms with Gasteiger partial charge >= 0.3 is 0 Å². The molecular weight excluding hydrogens is 279 g/mol. The SMILES string of the molecule is Clc1cccc(Cl)c1CNCC1CCN(C2CC2)C1. The van der Waals surface area contributed by atoms with E-state index in [1.54, 1.807) is 0 Å². The minimum Gasteiger partial charge on any atom is -0.312 e. The molecule has 0 spiro atoms. The second kappa shape index (κ2) is 6.01. The van der Waals surface area contributed by atoms with Crippen LogP contribution in [0.3, 0.4) is 0 Å².